The van der Waals surface area contributed by atoms with Crippen LogP contribution in [-0.2, 0) is 6.54 Å². The lowest BCUT2D eigenvalue weighted by atomic mass is 10.3. The summed E-state index contributed by atoms with van der Waals surface area (Å²) in [6.07, 6.45) is 0. The minimum absolute atomic E-state index is 0.327. The average molecular weight is 195 g/mol. The number of hydrogen-bond acceptors (Lipinski definition) is 5. The summed E-state index contributed by atoms with van der Waals surface area (Å²) < 4.78 is 0. The van der Waals surface area contributed by atoms with Crippen molar-refractivity contribution >= 4 is 23.2 Å². The van der Waals surface area contributed by atoms with E-state index in [0.29, 0.717) is 11.9 Å². The molecule has 0 spiro atoms. The topological polar surface area (TPSA) is 79.6 Å². The Morgan fingerprint density at radius 2 is 2.54 bits per heavy atom. The Morgan fingerprint density at radius 3 is 3.15 bits per heavy atom. The quantitative estimate of drug-likeness (QED) is 0.684. The Bertz CT molecular complexity index is 366. The second-order valence-electron chi connectivity index (χ2n) is 2.53. The van der Waals surface area contributed by atoms with E-state index in [9.17, 15) is 0 Å². The van der Waals surface area contributed by atoms with Gasteiger partial charge in [0.05, 0.1) is 0 Å². The third-order valence-electron chi connectivity index (χ3n) is 1.53. The van der Waals surface area contributed by atoms with Gasteiger partial charge in [0.1, 0.15) is 0 Å². The first-order valence-electron chi connectivity index (χ1n) is 3.77. The highest BCUT2D eigenvalue weighted by molar-refractivity contribution is 7.07. The van der Waals surface area contributed by atoms with E-state index in [1.165, 1.54) is 5.56 Å². The van der Waals surface area contributed by atoms with Crippen LogP contribution in [0.3, 0.4) is 0 Å². The number of nitrogen functional groups attached to an aromatic ring is 1. The van der Waals surface area contributed by atoms with Gasteiger partial charge in [0.25, 0.3) is 0 Å². The van der Waals surface area contributed by atoms with Crippen LogP contribution in [0, 0.1) is 0 Å². The summed E-state index contributed by atoms with van der Waals surface area (Å²) in [7, 11) is 0. The number of anilines is 2. The number of aromatic amines is 1. The highest BCUT2D eigenvalue weighted by Crippen LogP contribution is 2.08. The lowest BCUT2D eigenvalue weighted by Crippen LogP contribution is -1.99. The van der Waals surface area contributed by atoms with E-state index in [1.807, 2.05) is 11.4 Å². The van der Waals surface area contributed by atoms with Gasteiger partial charge in [-0.3, -0.25) is 0 Å². The van der Waals surface area contributed by atoms with Crippen molar-refractivity contribution in [2.75, 3.05) is 11.1 Å². The fraction of sp³-hybridized carbons (Fsp3) is 0.143. The van der Waals surface area contributed by atoms with Crippen LogP contribution in [0.25, 0.3) is 0 Å². The summed E-state index contributed by atoms with van der Waals surface area (Å²) in [4.78, 5) is 3.91. The number of hydrogen-bond donors (Lipinski definition) is 3. The highest BCUT2D eigenvalue weighted by atomic mass is 32.1. The van der Waals surface area contributed by atoms with Gasteiger partial charge in [-0.2, -0.15) is 16.3 Å². The monoisotopic (exact) mass is 195 g/mol. The Labute approximate surface area is 79.0 Å². The first kappa shape index (κ1) is 8.06. The van der Waals surface area contributed by atoms with Crippen LogP contribution in [-0.4, -0.2) is 15.2 Å². The second-order valence-corrected chi connectivity index (χ2v) is 3.31. The maximum Gasteiger partial charge on any atom is 0.243 e. The molecule has 68 valence electrons. The number of H-pyrrole nitrogens is 1. The van der Waals surface area contributed by atoms with Crippen molar-refractivity contribution in [3.05, 3.63) is 22.4 Å². The molecule has 13 heavy (non-hydrogen) atoms. The fourth-order valence-electron chi connectivity index (χ4n) is 0.928. The molecule has 0 aliphatic heterocycles. The van der Waals surface area contributed by atoms with Crippen LogP contribution in [0.2, 0.25) is 0 Å². The summed E-state index contributed by atoms with van der Waals surface area (Å²) >= 11 is 1.67. The van der Waals surface area contributed by atoms with Crippen molar-refractivity contribution in [2.24, 2.45) is 0 Å². The lowest BCUT2D eigenvalue weighted by Gasteiger charge is -1.96. The zero-order chi connectivity index (χ0) is 9.10. The molecule has 5 nitrogen and oxygen atoms in total. The van der Waals surface area contributed by atoms with Gasteiger partial charge in [0.15, 0.2) is 0 Å². The molecule has 0 aliphatic carbocycles. The number of aromatic nitrogens is 3. The molecule has 0 atom stereocenters. The highest BCUT2D eigenvalue weighted by Gasteiger charge is 1.98. The third-order valence-corrected chi connectivity index (χ3v) is 2.27. The molecule has 0 saturated heterocycles. The summed E-state index contributed by atoms with van der Waals surface area (Å²) in [5.41, 5.74) is 6.58. The average Bonchev–Trinajstić information content (AvgIpc) is 2.71. The molecule has 2 rings (SSSR count). The van der Waals surface area contributed by atoms with Crippen LogP contribution in [0.1, 0.15) is 5.56 Å². The van der Waals surface area contributed by atoms with Gasteiger partial charge in [-0.15, -0.1) is 5.10 Å². The number of nitrogens with two attached hydrogens (primary N) is 1. The van der Waals surface area contributed by atoms with E-state index >= 15 is 0 Å². The van der Waals surface area contributed by atoms with E-state index in [2.05, 4.69) is 25.9 Å². The van der Waals surface area contributed by atoms with Crippen molar-refractivity contribution in [3.63, 3.8) is 0 Å². The maximum atomic E-state index is 5.36. The minimum Gasteiger partial charge on any atom is -0.368 e. The predicted octanol–water partition coefficient (Wildman–Crippen LogP) is 1.06. The van der Waals surface area contributed by atoms with Gasteiger partial charge in [0, 0.05) is 6.54 Å². The van der Waals surface area contributed by atoms with Gasteiger partial charge in [-0.05, 0) is 22.4 Å². The molecule has 0 radical (unpaired) electrons. The Hall–Kier alpha value is -1.56. The molecule has 0 saturated carbocycles. The van der Waals surface area contributed by atoms with Crippen LogP contribution in [0.15, 0.2) is 16.8 Å². The standard InChI is InChI=1S/C7H9N5S/c8-6-10-7(12-11-6)9-3-5-1-2-13-4-5/h1-2,4H,3H2,(H4,8,9,10,11,12). The molecule has 4 N–H and O–H groups in total. The zero-order valence-electron chi connectivity index (χ0n) is 6.82. The Kier molecular flexibility index (Phi) is 2.13. The summed E-state index contributed by atoms with van der Waals surface area (Å²) in [5.74, 6) is 0.858. The van der Waals surface area contributed by atoms with E-state index < -0.39 is 0 Å². The normalized spacial score (nSPS) is 10.2. The molecule has 0 fully saturated rings. The SMILES string of the molecule is Nc1nc(NCc2ccsc2)n[nH]1. The van der Waals surface area contributed by atoms with Crippen LogP contribution in [0.4, 0.5) is 11.9 Å². The largest absolute Gasteiger partial charge is 0.368 e. The first-order chi connectivity index (χ1) is 6.34. The van der Waals surface area contributed by atoms with Crippen molar-refractivity contribution in [1.82, 2.24) is 15.2 Å². The molecule has 2 heterocycles. The number of nitrogens with zero attached hydrogens (tertiary/aromatic N) is 2. The van der Waals surface area contributed by atoms with Crippen molar-refractivity contribution in [1.29, 1.82) is 0 Å². The lowest BCUT2D eigenvalue weighted by molar-refractivity contribution is 1.05. The van der Waals surface area contributed by atoms with E-state index in [0.717, 1.165) is 6.54 Å². The molecule has 0 bridgehead atoms. The number of nitrogens with one attached hydrogen (secondary N) is 2. The molecule has 0 amide bonds. The van der Waals surface area contributed by atoms with E-state index in [1.54, 1.807) is 11.3 Å². The first-order valence-corrected chi connectivity index (χ1v) is 4.72. The van der Waals surface area contributed by atoms with Gasteiger partial charge < -0.3 is 11.1 Å². The van der Waals surface area contributed by atoms with Crippen molar-refractivity contribution in [2.45, 2.75) is 6.54 Å². The molecule has 0 unspecified atom stereocenters. The smallest absolute Gasteiger partial charge is 0.243 e. The predicted molar refractivity (Wildman–Crippen MR) is 52.4 cm³/mol. The zero-order valence-corrected chi connectivity index (χ0v) is 7.64. The Morgan fingerprint density at radius 1 is 1.62 bits per heavy atom. The minimum atomic E-state index is 0.327. The molecular weight excluding hydrogens is 186 g/mol. The molecule has 6 heteroatoms. The summed E-state index contributed by atoms with van der Waals surface area (Å²) in [6, 6.07) is 2.05. The van der Waals surface area contributed by atoms with Crippen LogP contribution < -0.4 is 11.1 Å². The van der Waals surface area contributed by atoms with Crippen LogP contribution >= 0.6 is 11.3 Å². The van der Waals surface area contributed by atoms with E-state index in [4.69, 9.17) is 5.73 Å². The van der Waals surface area contributed by atoms with Gasteiger partial charge >= 0.3 is 0 Å². The Balaban J connectivity index is 1.93. The van der Waals surface area contributed by atoms with Gasteiger partial charge in [0.2, 0.25) is 11.9 Å². The fourth-order valence-corrected chi connectivity index (χ4v) is 1.60. The van der Waals surface area contributed by atoms with Gasteiger partial charge in [-0.25, -0.2) is 5.10 Å². The van der Waals surface area contributed by atoms with E-state index in [-0.39, 0.29) is 0 Å². The number of thiophene rings is 1. The molecule has 0 aliphatic rings. The summed E-state index contributed by atoms with van der Waals surface area (Å²) in [5, 5.41) is 13.5. The molecular formula is C7H9N5S. The maximum absolute atomic E-state index is 5.36. The molecule has 2 aromatic rings. The summed E-state index contributed by atoms with van der Waals surface area (Å²) in [6.45, 7) is 0.723. The molecule has 2 aromatic heterocycles. The second kappa shape index (κ2) is 3.44. The third kappa shape index (κ3) is 1.97. The molecule has 0 aromatic carbocycles. The van der Waals surface area contributed by atoms with Gasteiger partial charge in [-0.1, -0.05) is 0 Å². The van der Waals surface area contributed by atoms with Crippen molar-refractivity contribution in [3.8, 4) is 0 Å². The van der Waals surface area contributed by atoms with Crippen molar-refractivity contribution < 1.29 is 0 Å². The van der Waals surface area contributed by atoms with Crippen LogP contribution in [0.5, 0.6) is 0 Å². The number of rotatable bonds is 3.